The summed E-state index contributed by atoms with van der Waals surface area (Å²) in [6.45, 7) is 0. The third kappa shape index (κ3) is 2.53. The summed E-state index contributed by atoms with van der Waals surface area (Å²) in [5.41, 5.74) is 1.15. The van der Waals surface area contributed by atoms with Crippen LogP contribution in [0, 0.1) is 5.82 Å². The van der Waals surface area contributed by atoms with Crippen LogP contribution in [0.25, 0.3) is 11.2 Å². The average molecular weight is 320 g/mol. The smallest absolute Gasteiger partial charge is 0.221 e. The Kier molecular flexibility index (Phi) is 3.08. The summed E-state index contributed by atoms with van der Waals surface area (Å²) < 4.78 is 19.3. The van der Waals surface area contributed by atoms with Gasteiger partial charge in [-0.1, -0.05) is 0 Å². The Morgan fingerprint density at radius 3 is 2.79 bits per heavy atom. The maximum atomic E-state index is 13.2. The third-order valence-electron chi connectivity index (χ3n) is 2.41. The van der Waals surface area contributed by atoms with E-state index in [1.54, 1.807) is 30.6 Å². The van der Waals surface area contributed by atoms with E-state index in [2.05, 4.69) is 30.9 Å². The van der Waals surface area contributed by atoms with Crippen LogP contribution in [0.15, 0.2) is 47.2 Å². The summed E-state index contributed by atoms with van der Waals surface area (Å²) in [5.74, 6) is 0.314. The van der Waals surface area contributed by atoms with Gasteiger partial charge in [0, 0.05) is 24.5 Å². The number of rotatable bonds is 2. The average Bonchev–Trinajstić information content (AvgIpc) is 2.43. The van der Waals surface area contributed by atoms with Gasteiger partial charge in [0.05, 0.1) is 4.47 Å². The normalized spacial score (nSPS) is 10.6. The first-order chi connectivity index (χ1) is 9.22. The highest BCUT2D eigenvalue weighted by atomic mass is 79.9. The molecule has 0 radical (unpaired) electrons. The largest absolute Gasteiger partial charge is 0.438 e. The van der Waals surface area contributed by atoms with E-state index in [4.69, 9.17) is 4.74 Å². The van der Waals surface area contributed by atoms with Crippen LogP contribution >= 0.6 is 15.9 Å². The van der Waals surface area contributed by atoms with Crippen molar-refractivity contribution in [3.05, 3.63) is 53.0 Å². The minimum absolute atomic E-state index is 0.333. The van der Waals surface area contributed by atoms with Crippen molar-refractivity contribution >= 4 is 27.1 Å². The van der Waals surface area contributed by atoms with Gasteiger partial charge in [0.2, 0.25) is 5.88 Å². The Morgan fingerprint density at radius 1 is 1.05 bits per heavy atom. The molecule has 6 heteroatoms. The summed E-state index contributed by atoms with van der Waals surface area (Å²) in [7, 11) is 0. The number of ether oxygens (including phenoxy) is 1. The van der Waals surface area contributed by atoms with Crippen LogP contribution in [0.3, 0.4) is 0 Å². The van der Waals surface area contributed by atoms with E-state index >= 15 is 0 Å². The van der Waals surface area contributed by atoms with Crippen molar-refractivity contribution in [2.24, 2.45) is 0 Å². The molecule has 0 saturated carbocycles. The lowest BCUT2D eigenvalue weighted by molar-refractivity contribution is 0.457. The molecule has 1 aromatic carbocycles. The summed E-state index contributed by atoms with van der Waals surface area (Å²) in [6, 6.07) is 7.61. The quantitative estimate of drug-likeness (QED) is 0.722. The minimum Gasteiger partial charge on any atom is -0.438 e. The highest BCUT2D eigenvalue weighted by molar-refractivity contribution is 9.10. The maximum Gasteiger partial charge on any atom is 0.221 e. The van der Waals surface area contributed by atoms with Crippen molar-refractivity contribution in [2.75, 3.05) is 0 Å². The van der Waals surface area contributed by atoms with E-state index in [-0.39, 0.29) is 5.82 Å². The SMILES string of the molecule is Fc1ccc(Br)c(Oc2ccc3nccnc3n2)c1. The molecule has 94 valence electrons. The lowest BCUT2D eigenvalue weighted by atomic mass is 10.3. The maximum absolute atomic E-state index is 13.2. The predicted octanol–water partition coefficient (Wildman–Crippen LogP) is 3.72. The summed E-state index contributed by atoms with van der Waals surface area (Å²) >= 11 is 3.29. The van der Waals surface area contributed by atoms with Gasteiger partial charge in [0.1, 0.15) is 17.1 Å². The zero-order valence-corrected chi connectivity index (χ0v) is 11.1. The fraction of sp³-hybridized carbons (Fsp3) is 0. The molecule has 0 spiro atoms. The summed E-state index contributed by atoms with van der Waals surface area (Å²) in [4.78, 5) is 12.4. The van der Waals surface area contributed by atoms with Crippen LogP contribution in [-0.2, 0) is 0 Å². The van der Waals surface area contributed by atoms with Gasteiger partial charge in [-0.2, -0.15) is 4.98 Å². The molecule has 0 aliphatic heterocycles. The molecule has 0 unspecified atom stereocenters. The molecule has 3 aromatic rings. The van der Waals surface area contributed by atoms with Crippen molar-refractivity contribution in [1.29, 1.82) is 0 Å². The van der Waals surface area contributed by atoms with Gasteiger partial charge < -0.3 is 4.74 Å². The van der Waals surface area contributed by atoms with Gasteiger partial charge in [0.15, 0.2) is 5.65 Å². The molecule has 3 rings (SSSR count). The van der Waals surface area contributed by atoms with Crippen LogP contribution in [0.2, 0.25) is 0 Å². The molecule has 0 amide bonds. The van der Waals surface area contributed by atoms with Crippen LogP contribution in [-0.4, -0.2) is 15.0 Å². The number of hydrogen-bond acceptors (Lipinski definition) is 4. The molecule has 0 fully saturated rings. The fourth-order valence-electron chi connectivity index (χ4n) is 1.56. The van der Waals surface area contributed by atoms with E-state index in [1.165, 1.54) is 12.1 Å². The lowest BCUT2D eigenvalue weighted by Crippen LogP contribution is -1.92. The first kappa shape index (κ1) is 12.0. The monoisotopic (exact) mass is 319 g/mol. The number of halogens is 2. The van der Waals surface area contributed by atoms with Gasteiger partial charge in [-0.15, -0.1) is 0 Å². The second kappa shape index (κ2) is 4.89. The molecule has 4 nitrogen and oxygen atoms in total. The van der Waals surface area contributed by atoms with Crippen LogP contribution in [0.1, 0.15) is 0 Å². The van der Waals surface area contributed by atoms with Crippen LogP contribution < -0.4 is 4.74 Å². The lowest BCUT2D eigenvalue weighted by Gasteiger charge is -2.07. The molecule has 2 aromatic heterocycles. The van der Waals surface area contributed by atoms with Gasteiger partial charge in [0.25, 0.3) is 0 Å². The van der Waals surface area contributed by atoms with Crippen molar-refractivity contribution < 1.29 is 9.13 Å². The molecular weight excluding hydrogens is 313 g/mol. The molecule has 0 aliphatic rings. The van der Waals surface area contributed by atoms with Crippen molar-refractivity contribution in [3.63, 3.8) is 0 Å². The predicted molar refractivity (Wildman–Crippen MR) is 71.5 cm³/mol. The Hall–Kier alpha value is -2.08. The first-order valence-electron chi connectivity index (χ1n) is 5.43. The van der Waals surface area contributed by atoms with E-state index in [1.807, 2.05) is 0 Å². The Bertz CT molecular complexity index is 751. The minimum atomic E-state index is -0.376. The molecule has 19 heavy (non-hydrogen) atoms. The topological polar surface area (TPSA) is 47.9 Å². The summed E-state index contributed by atoms with van der Waals surface area (Å²) in [5, 5.41) is 0. The third-order valence-corrected chi connectivity index (χ3v) is 3.07. The van der Waals surface area contributed by atoms with Gasteiger partial charge in [-0.05, 0) is 34.1 Å². The van der Waals surface area contributed by atoms with E-state index < -0.39 is 0 Å². The second-order valence-corrected chi connectivity index (χ2v) is 4.58. The van der Waals surface area contributed by atoms with E-state index in [9.17, 15) is 4.39 Å². The highest BCUT2D eigenvalue weighted by Crippen LogP contribution is 2.29. The van der Waals surface area contributed by atoms with Crippen molar-refractivity contribution in [3.8, 4) is 11.6 Å². The molecule has 0 aliphatic carbocycles. The molecule has 0 saturated heterocycles. The first-order valence-corrected chi connectivity index (χ1v) is 6.22. The highest BCUT2D eigenvalue weighted by Gasteiger charge is 2.06. The number of pyridine rings is 1. The molecule has 0 N–H and O–H groups in total. The molecule has 0 bridgehead atoms. The van der Waals surface area contributed by atoms with Crippen LogP contribution in [0.5, 0.6) is 11.6 Å². The van der Waals surface area contributed by atoms with Crippen LogP contribution in [0.4, 0.5) is 4.39 Å². The standard InChI is InChI=1S/C13H7BrFN3O/c14-9-2-1-8(15)7-11(9)19-12-4-3-10-13(18-12)17-6-5-16-10/h1-7H. The van der Waals surface area contributed by atoms with E-state index in [0.29, 0.717) is 27.3 Å². The van der Waals surface area contributed by atoms with Crippen molar-refractivity contribution in [1.82, 2.24) is 15.0 Å². The number of benzene rings is 1. The molecule has 0 atom stereocenters. The number of nitrogens with zero attached hydrogens (tertiary/aromatic N) is 3. The van der Waals surface area contributed by atoms with E-state index in [0.717, 1.165) is 0 Å². The fourth-order valence-corrected chi connectivity index (χ4v) is 1.89. The zero-order valence-electron chi connectivity index (χ0n) is 9.55. The number of fused-ring (bicyclic) bond motifs is 1. The summed E-state index contributed by atoms with van der Waals surface area (Å²) in [6.07, 6.45) is 3.14. The van der Waals surface area contributed by atoms with Gasteiger partial charge in [-0.3, -0.25) is 4.98 Å². The Labute approximate surface area is 116 Å². The zero-order chi connectivity index (χ0) is 13.2. The Balaban J connectivity index is 1.98. The molecular formula is C13H7BrFN3O. The number of aromatic nitrogens is 3. The van der Waals surface area contributed by atoms with Crippen molar-refractivity contribution in [2.45, 2.75) is 0 Å². The molecule has 2 heterocycles. The van der Waals surface area contributed by atoms with Gasteiger partial charge in [-0.25, -0.2) is 9.37 Å². The number of hydrogen-bond donors (Lipinski definition) is 0. The van der Waals surface area contributed by atoms with Gasteiger partial charge >= 0.3 is 0 Å². The Morgan fingerprint density at radius 2 is 1.89 bits per heavy atom. The second-order valence-electron chi connectivity index (χ2n) is 3.73.